The molecular weight excluding hydrogens is 234 g/mol. The zero-order chi connectivity index (χ0) is 12.4. The molecule has 1 aliphatic heterocycles. The van der Waals surface area contributed by atoms with Crippen LogP contribution in [0.3, 0.4) is 0 Å². The monoisotopic (exact) mass is 251 g/mol. The average Bonchev–Trinajstić information content (AvgIpc) is 2.77. The number of nitrogen functional groups attached to an aromatic ring is 1. The number of halogens is 1. The molecule has 0 spiro atoms. The maximum atomic E-state index is 7.38. The van der Waals surface area contributed by atoms with Crippen molar-refractivity contribution in [2.24, 2.45) is 11.7 Å². The molecule has 1 saturated heterocycles. The van der Waals surface area contributed by atoms with Gasteiger partial charge in [0.05, 0.1) is 10.7 Å². The van der Waals surface area contributed by atoms with E-state index in [9.17, 15) is 0 Å². The van der Waals surface area contributed by atoms with Gasteiger partial charge in [-0.25, -0.2) is 0 Å². The van der Waals surface area contributed by atoms with Crippen LogP contribution in [0.25, 0.3) is 0 Å². The Labute approximate surface area is 107 Å². The number of benzene rings is 1. The summed E-state index contributed by atoms with van der Waals surface area (Å²) in [7, 11) is 0. The summed E-state index contributed by atoms with van der Waals surface area (Å²) in [4.78, 5) is 2.32. The third-order valence-electron chi connectivity index (χ3n) is 3.46. The van der Waals surface area contributed by atoms with Crippen molar-refractivity contribution in [3.8, 4) is 0 Å². The number of amidine groups is 1. The highest BCUT2D eigenvalue weighted by Crippen LogP contribution is 2.31. The molecule has 1 aliphatic rings. The summed E-state index contributed by atoms with van der Waals surface area (Å²) in [5, 5.41) is 8.07. The maximum Gasteiger partial charge on any atom is 0.122 e. The third kappa shape index (κ3) is 2.55. The SMILES string of the molecule is CCC1CCN(c2ccc(C(=N)N)cc2Cl)C1. The van der Waals surface area contributed by atoms with Crippen molar-refractivity contribution >= 4 is 23.1 Å². The van der Waals surface area contributed by atoms with Crippen molar-refractivity contribution in [1.29, 1.82) is 5.41 Å². The van der Waals surface area contributed by atoms with E-state index in [4.69, 9.17) is 22.7 Å². The van der Waals surface area contributed by atoms with Gasteiger partial charge < -0.3 is 10.6 Å². The Morgan fingerprint density at radius 3 is 2.88 bits per heavy atom. The second-order valence-electron chi connectivity index (χ2n) is 4.59. The van der Waals surface area contributed by atoms with E-state index in [1.54, 1.807) is 6.07 Å². The van der Waals surface area contributed by atoms with Crippen LogP contribution in [0.2, 0.25) is 5.02 Å². The number of hydrogen-bond acceptors (Lipinski definition) is 2. The van der Waals surface area contributed by atoms with Crippen molar-refractivity contribution in [2.45, 2.75) is 19.8 Å². The lowest BCUT2D eigenvalue weighted by molar-refractivity contribution is 0.569. The molecule has 0 amide bonds. The normalized spacial score (nSPS) is 19.6. The Morgan fingerprint density at radius 2 is 2.35 bits per heavy atom. The van der Waals surface area contributed by atoms with Crippen molar-refractivity contribution < 1.29 is 0 Å². The van der Waals surface area contributed by atoms with E-state index in [1.807, 2.05) is 12.1 Å². The molecule has 0 aromatic heterocycles. The topological polar surface area (TPSA) is 53.1 Å². The van der Waals surface area contributed by atoms with E-state index >= 15 is 0 Å². The number of rotatable bonds is 3. The molecule has 4 heteroatoms. The molecule has 92 valence electrons. The summed E-state index contributed by atoms with van der Waals surface area (Å²) < 4.78 is 0. The zero-order valence-electron chi connectivity index (χ0n) is 10.0. The van der Waals surface area contributed by atoms with Crippen LogP contribution in [0.1, 0.15) is 25.3 Å². The third-order valence-corrected chi connectivity index (χ3v) is 3.77. The smallest absolute Gasteiger partial charge is 0.122 e. The molecule has 2 rings (SSSR count). The van der Waals surface area contributed by atoms with E-state index in [-0.39, 0.29) is 5.84 Å². The predicted molar refractivity (Wildman–Crippen MR) is 73.1 cm³/mol. The first-order chi connectivity index (χ1) is 8.11. The fraction of sp³-hybridized carbons (Fsp3) is 0.462. The fourth-order valence-corrected chi connectivity index (χ4v) is 2.62. The maximum absolute atomic E-state index is 7.38. The van der Waals surface area contributed by atoms with E-state index < -0.39 is 0 Å². The Hall–Kier alpha value is -1.22. The van der Waals surface area contributed by atoms with Crippen LogP contribution in [-0.4, -0.2) is 18.9 Å². The molecule has 3 N–H and O–H groups in total. The van der Waals surface area contributed by atoms with E-state index in [0.717, 1.165) is 24.7 Å². The van der Waals surface area contributed by atoms with E-state index in [1.165, 1.54) is 12.8 Å². The highest BCUT2D eigenvalue weighted by Gasteiger charge is 2.22. The summed E-state index contributed by atoms with van der Waals surface area (Å²) >= 11 is 6.25. The van der Waals surface area contributed by atoms with Crippen LogP contribution in [0.4, 0.5) is 5.69 Å². The number of nitrogens with zero attached hydrogens (tertiary/aromatic N) is 1. The molecule has 0 saturated carbocycles. The number of nitrogens with one attached hydrogen (secondary N) is 1. The van der Waals surface area contributed by atoms with E-state index in [2.05, 4.69) is 11.8 Å². The molecule has 17 heavy (non-hydrogen) atoms. The molecule has 1 fully saturated rings. The molecule has 1 unspecified atom stereocenters. The summed E-state index contributed by atoms with van der Waals surface area (Å²) in [6, 6.07) is 5.61. The molecular formula is C13H18ClN3. The van der Waals surface area contributed by atoms with Gasteiger partial charge in [0.15, 0.2) is 0 Å². The molecule has 1 heterocycles. The molecule has 0 bridgehead atoms. The fourth-order valence-electron chi connectivity index (χ4n) is 2.32. The van der Waals surface area contributed by atoms with Crippen LogP contribution < -0.4 is 10.6 Å². The first-order valence-electron chi connectivity index (χ1n) is 6.00. The number of nitrogens with two attached hydrogens (primary N) is 1. The lowest BCUT2D eigenvalue weighted by atomic mass is 10.1. The highest BCUT2D eigenvalue weighted by atomic mass is 35.5. The van der Waals surface area contributed by atoms with Crippen LogP contribution >= 0.6 is 11.6 Å². The second-order valence-corrected chi connectivity index (χ2v) is 5.00. The summed E-state index contributed by atoms with van der Waals surface area (Å²) in [5.74, 6) is 0.838. The molecule has 0 aliphatic carbocycles. The quantitative estimate of drug-likeness (QED) is 0.641. The van der Waals surface area contributed by atoms with Crippen LogP contribution in [0.5, 0.6) is 0 Å². The Morgan fingerprint density at radius 1 is 1.59 bits per heavy atom. The highest BCUT2D eigenvalue weighted by molar-refractivity contribution is 6.33. The van der Waals surface area contributed by atoms with Gasteiger partial charge in [0.25, 0.3) is 0 Å². The van der Waals surface area contributed by atoms with Crippen LogP contribution in [0, 0.1) is 11.3 Å². The standard InChI is InChI=1S/C13H18ClN3/c1-2-9-5-6-17(8-9)12-4-3-10(13(15)16)7-11(12)14/h3-4,7,9H,2,5-6,8H2,1H3,(H3,15,16). The minimum Gasteiger partial charge on any atom is -0.384 e. The largest absolute Gasteiger partial charge is 0.384 e. The number of hydrogen-bond donors (Lipinski definition) is 2. The molecule has 1 aromatic rings. The molecule has 1 atom stereocenters. The van der Waals surface area contributed by atoms with Crippen molar-refractivity contribution in [3.63, 3.8) is 0 Å². The summed E-state index contributed by atoms with van der Waals surface area (Å²) in [6.45, 7) is 4.38. The second kappa shape index (κ2) is 4.96. The zero-order valence-corrected chi connectivity index (χ0v) is 10.8. The minimum atomic E-state index is 0.0614. The van der Waals surface area contributed by atoms with Gasteiger partial charge >= 0.3 is 0 Å². The lowest BCUT2D eigenvalue weighted by Gasteiger charge is -2.20. The number of anilines is 1. The van der Waals surface area contributed by atoms with Crippen LogP contribution in [-0.2, 0) is 0 Å². The Kier molecular flexibility index (Phi) is 3.57. The van der Waals surface area contributed by atoms with Crippen molar-refractivity contribution in [2.75, 3.05) is 18.0 Å². The van der Waals surface area contributed by atoms with Gasteiger partial charge in [-0.1, -0.05) is 24.9 Å². The first kappa shape index (κ1) is 12.2. The van der Waals surface area contributed by atoms with Gasteiger partial charge in [0, 0.05) is 18.7 Å². The van der Waals surface area contributed by atoms with Crippen molar-refractivity contribution in [1.82, 2.24) is 0 Å². The lowest BCUT2D eigenvalue weighted by Crippen LogP contribution is -2.20. The average molecular weight is 252 g/mol. The predicted octanol–water partition coefficient (Wildman–Crippen LogP) is 2.86. The molecule has 1 aromatic carbocycles. The summed E-state index contributed by atoms with van der Waals surface area (Å²) in [5.41, 5.74) is 7.19. The van der Waals surface area contributed by atoms with Gasteiger partial charge in [-0.05, 0) is 30.5 Å². The first-order valence-corrected chi connectivity index (χ1v) is 6.38. The molecule has 3 nitrogen and oxygen atoms in total. The Bertz CT molecular complexity index is 431. The van der Waals surface area contributed by atoms with E-state index in [0.29, 0.717) is 10.6 Å². The van der Waals surface area contributed by atoms with Crippen molar-refractivity contribution in [3.05, 3.63) is 28.8 Å². The van der Waals surface area contributed by atoms with Gasteiger partial charge in [0.1, 0.15) is 5.84 Å². The van der Waals surface area contributed by atoms with Gasteiger partial charge in [-0.3, -0.25) is 5.41 Å². The van der Waals surface area contributed by atoms with Crippen LogP contribution in [0.15, 0.2) is 18.2 Å². The van der Waals surface area contributed by atoms with Gasteiger partial charge in [-0.15, -0.1) is 0 Å². The Balaban J connectivity index is 2.20. The molecule has 0 radical (unpaired) electrons. The van der Waals surface area contributed by atoms with Gasteiger partial charge in [-0.2, -0.15) is 0 Å². The minimum absolute atomic E-state index is 0.0614. The van der Waals surface area contributed by atoms with Gasteiger partial charge in [0.2, 0.25) is 0 Å². The summed E-state index contributed by atoms with van der Waals surface area (Å²) in [6.07, 6.45) is 2.46.